The van der Waals surface area contributed by atoms with Gasteiger partial charge in [-0.2, -0.15) is 0 Å². The van der Waals surface area contributed by atoms with Gasteiger partial charge in [0.15, 0.2) is 0 Å². The number of benzene rings is 3. The van der Waals surface area contributed by atoms with Crippen LogP contribution in [0.25, 0.3) is 11.1 Å². The second-order valence-electron chi connectivity index (χ2n) is 5.31. The van der Waals surface area contributed by atoms with E-state index in [2.05, 4.69) is 43.3 Å². The second-order valence-corrected chi connectivity index (χ2v) is 5.75. The fourth-order valence-corrected chi connectivity index (χ4v) is 2.50. The van der Waals surface area contributed by atoms with Gasteiger partial charge in [0.25, 0.3) is 0 Å². The van der Waals surface area contributed by atoms with Gasteiger partial charge in [0.05, 0.1) is 0 Å². The lowest BCUT2D eigenvalue weighted by atomic mass is 10.0. The summed E-state index contributed by atoms with van der Waals surface area (Å²) in [4.78, 5) is 0. The van der Waals surface area contributed by atoms with Crippen LogP contribution in [0.5, 0.6) is 5.75 Å². The highest BCUT2D eigenvalue weighted by molar-refractivity contribution is 6.30. The van der Waals surface area contributed by atoms with Crippen molar-refractivity contribution < 1.29 is 4.74 Å². The Hall–Kier alpha value is -2.25. The zero-order chi connectivity index (χ0) is 15.4. The van der Waals surface area contributed by atoms with Crippen molar-refractivity contribution in [2.45, 2.75) is 13.5 Å². The van der Waals surface area contributed by atoms with Crippen molar-refractivity contribution in [1.82, 2.24) is 0 Å². The maximum Gasteiger partial charge on any atom is 0.119 e. The van der Waals surface area contributed by atoms with Crippen molar-refractivity contribution >= 4 is 11.6 Å². The summed E-state index contributed by atoms with van der Waals surface area (Å²) in [7, 11) is 0. The van der Waals surface area contributed by atoms with E-state index in [0.717, 1.165) is 16.3 Å². The molecule has 3 aromatic rings. The Morgan fingerprint density at radius 1 is 0.818 bits per heavy atom. The molecule has 110 valence electrons. The van der Waals surface area contributed by atoms with Crippen LogP contribution in [-0.2, 0) is 6.61 Å². The first-order chi connectivity index (χ1) is 10.7. The molecule has 3 aromatic carbocycles. The van der Waals surface area contributed by atoms with Crippen molar-refractivity contribution in [1.29, 1.82) is 0 Å². The number of hydrogen-bond donors (Lipinski definition) is 0. The maximum absolute atomic E-state index is 5.97. The Kier molecular flexibility index (Phi) is 4.45. The number of ether oxygens (including phenoxy) is 1. The van der Waals surface area contributed by atoms with E-state index in [1.54, 1.807) is 0 Å². The lowest BCUT2D eigenvalue weighted by Gasteiger charge is -2.08. The summed E-state index contributed by atoms with van der Waals surface area (Å²) >= 11 is 5.97. The number of rotatable bonds is 4. The van der Waals surface area contributed by atoms with Crippen LogP contribution in [0, 0.1) is 6.92 Å². The van der Waals surface area contributed by atoms with E-state index in [9.17, 15) is 0 Å². The predicted octanol–water partition coefficient (Wildman–Crippen LogP) is 5.89. The summed E-state index contributed by atoms with van der Waals surface area (Å²) in [5.41, 5.74) is 4.74. The summed E-state index contributed by atoms with van der Waals surface area (Å²) < 4.78 is 5.80. The van der Waals surface area contributed by atoms with E-state index in [1.807, 2.05) is 36.4 Å². The van der Waals surface area contributed by atoms with Crippen LogP contribution in [0.15, 0.2) is 72.8 Å². The standard InChI is InChI=1S/C20H17ClO/c1-15-5-7-17(8-6-15)18-9-11-20(12-10-18)22-14-16-3-2-4-19(21)13-16/h2-13H,14H2,1H3. The lowest BCUT2D eigenvalue weighted by molar-refractivity contribution is 0.306. The van der Waals surface area contributed by atoms with Crippen molar-refractivity contribution in [3.05, 3.63) is 88.9 Å². The normalized spacial score (nSPS) is 10.5. The van der Waals surface area contributed by atoms with Gasteiger partial charge in [-0.15, -0.1) is 0 Å². The fraction of sp³-hybridized carbons (Fsp3) is 0.100. The molecule has 0 amide bonds. The zero-order valence-corrected chi connectivity index (χ0v) is 13.2. The molecule has 0 atom stereocenters. The molecule has 1 nitrogen and oxygen atoms in total. The number of aryl methyl sites for hydroxylation is 1. The Bertz CT molecular complexity index is 745. The molecule has 0 aliphatic carbocycles. The van der Waals surface area contributed by atoms with E-state index in [-0.39, 0.29) is 0 Å². The molecule has 0 spiro atoms. The molecule has 0 fully saturated rings. The highest BCUT2D eigenvalue weighted by Crippen LogP contribution is 2.23. The SMILES string of the molecule is Cc1ccc(-c2ccc(OCc3cccc(Cl)c3)cc2)cc1. The highest BCUT2D eigenvalue weighted by atomic mass is 35.5. The van der Waals surface area contributed by atoms with Gasteiger partial charge in [-0.1, -0.05) is 65.7 Å². The van der Waals surface area contributed by atoms with Gasteiger partial charge in [-0.25, -0.2) is 0 Å². The molecule has 3 rings (SSSR count). The van der Waals surface area contributed by atoms with E-state index in [4.69, 9.17) is 16.3 Å². The molecule has 0 aliphatic rings. The Balaban J connectivity index is 1.68. The third-order valence-electron chi connectivity index (χ3n) is 3.53. The van der Waals surface area contributed by atoms with E-state index < -0.39 is 0 Å². The second kappa shape index (κ2) is 6.67. The Morgan fingerprint density at radius 3 is 2.09 bits per heavy atom. The van der Waals surface area contributed by atoms with E-state index >= 15 is 0 Å². The summed E-state index contributed by atoms with van der Waals surface area (Å²) in [6, 6.07) is 24.4. The molecule has 0 aliphatic heterocycles. The molecule has 0 unspecified atom stereocenters. The zero-order valence-electron chi connectivity index (χ0n) is 12.4. The molecule has 0 saturated carbocycles. The van der Waals surface area contributed by atoms with Crippen LogP contribution < -0.4 is 4.74 Å². The maximum atomic E-state index is 5.97. The third kappa shape index (κ3) is 3.69. The highest BCUT2D eigenvalue weighted by Gasteiger charge is 2.00. The molecule has 0 heterocycles. The van der Waals surface area contributed by atoms with Crippen LogP contribution >= 0.6 is 11.6 Å². The van der Waals surface area contributed by atoms with E-state index in [1.165, 1.54) is 16.7 Å². The van der Waals surface area contributed by atoms with Gasteiger partial charge < -0.3 is 4.74 Å². The molecular formula is C20H17ClO. The minimum absolute atomic E-state index is 0.518. The van der Waals surface area contributed by atoms with Crippen molar-refractivity contribution in [3.8, 4) is 16.9 Å². The minimum atomic E-state index is 0.518. The predicted molar refractivity (Wildman–Crippen MR) is 92.4 cm³/mol. The number of halogens is 1. The molecule has 0 N–H and O–H groups in total. The van der Waals surface area contributed by atoms with Gasteiger partial charge in [0.1, 0.15) is 12.4 Å². The molecule has 0 saturated heterocycles. The molecule has 0 aromatic heterocycles. The summed E-state index contributed by atoms with van der Waals surface area (Å²) in [6.07, 6.45) is 0. The Labute approximate surface area is 136 Å². The largest absolute Gasteiger partial charge is 0.489 e. The molecule has 0 radical (unpaired) electrons. The molecule has 0 bridgehead atoms. The van der Waals surface area contributed by atoms with E-state index in [0.29, 0.717) is 6.61 Å². The van der Waals surface area contributed by atoms with Gasteiger partial charge in [-0.3, -0.25) is 0 Å². The quantitative estimate of drug-likeness (QED) is 0.583. The smallest absolute Gasteiger partial charge is 0.119 e. The monoisotopic (exact) mass is 308 g/mol. The minimum Gasteiger partial charge on any atom is -0.489 e. The van der Waals surface area contributed by atoms with Crippen molar-refractivity contribution in [2.75, 3.05) is 0 Å². The van der Waals surface area contributed by atoms with Crippen molar-refractivity contribution in [3.63, 3.8) is 0 Å². The van der Waals surface area contributed by atoms with Crippen LogP contribution in [0.1, 0.15) is 11.1 Å². The average molecular weight is 309 g/mol. The van der Waals surface area contributed by atoms with Gasteiger partial charge >= 0.3 is 0 Å². The molecular weight excluding hydrogens is 292 g/mol. The fourth-order valence-electron chi connectivity index (χ4n) is 2.28. The number of hydrogen-bond acceptors (Lipinski definition) is 1. The summed E-state index contributed by atoms with van der Waals surface area (Å²) in [5, 5.41) is 0.732. The summed E-state index contributed by atoms with van der Waals surface area (Å²) in [5.74, 6) is 0.857. The van der Waals surface area contributed by atoms with Gasteiger partial charge in [0, 0.05) is 5.02 Å². The Morgan fingerprint density at radius 2 is 1.45 bits per heavy atom. The first-order valence-electron chi connectivity index (χ1n) is 7.25. The first kappa shape index (κ1) is 14.7. The first-order valence-corrected chi connectivity index (χ1v) is 7.63. The molecule has 2 heteroatoms. The van der Waals surface area contributed by atoms with Gasteiger partial charge in [0.2, 0.25) is 0 Å². The van der Waals surface area contributed by atoms with Crippen LogP contribution in [0.2, 0.25) is 5.02 Å². The summed E-state index contributed by atoms with van der Waals surface area (Å²) in [6.45, 7) is 2.61. The van der Waals surface area contributed by atoms with Crippen LogP contribution in [-0.4, -0.2) is 0 Å². The van der Waals surface area contributed by atoms with Crippen LogP contribution in [0.4, 0.5) is 0 Å². The van der Waals surface area contributed by atoms with Crippen LogP contribution in [0.3, 0.4) is 0 Å². The van der Waals surface area contributed by atoms with Gasteiger partial charge in [-0.05, 0) is 47.9 Å². The topological polar surface area (TPSA) is 9.23 Å². The van der Waals surface area contributed by atoms with Crippen molar-refractivity contribution in [2.24, 2.45) is 0 Å². The molecule has 22 heavy (non-hydrogen) atoms. The average Bonchev–Trinajstić information content (AvgIpc) is 2.54. The lowest BCUT2D eigenvalue weighted by Crippen LogP contribution is -1.95. The third-order valence-corrected chi connectivity index (χ3v) is 3.77.